The summed E-state index contributed by atoms with van der Waals surface area (Å²) in [6.45, 7) is 2.12. The molecule has 0 aliphatic heterocycles. The van der Waals surface area contributed by atoms with Crippen LogP contribution in [0.25, 0.3) is 10.1 Å². The van der Waals surface area contributed by atoms with Gasteiger partial charge in [-0.2, -0.15) is 0 Å². The van der Waals surface area contributed by atoms with E-state index in [0.717, 1.165) is 11.5 Å². The first-order chi connectivity index (χ1) is 8.31. The van der Waals surface area contributed by atoms with E-state index in [0.29, 0.717) is 0 Å². The van der Waals surface area contributed by atoms with Crippen LogP contribution in [0.1, 0.15) is 4.88 Å². The summed E-state index contributed by atoms with van der Waals surface area (Å²) in [5.41, 5.74) is 0. The van der Waals surface area contributed by atoms with Gasteiger partial charge in [0.05, 0.1) is 0 Å². The van der Waals surface area contributed by atoms with E-state index >= 15 is 0 Å². The molecule has 0 atom stereocenters. The van der Waals surface area contributed by atoms with Gasteiger partial charge in [0.25, 0.3) is 0 Å². The zero-order chi connectivity index (χ0) is 11.7. The molecule has 17 heavy (non-hydrogen) atoms. The zero-order valence-electron chi connectivity index (χ0n) is 9.38. The Bertz CT molecular complexity index is 646. The van der Waals surface area contributed by atoms with Crippen LogP contribution in [0.3, 0.4) is 0 Å². The Kier molecular flexibility index (Phi) is 2.53. The van der Waals surface area contributed by atoms with Crippen molar-refractivity contribution >= 4 is 21.4 Å². The maximum absolute atomic E-state index is 5.76. The van der Waals surface area contributed by atoms with Gasteiger partial charge in [-0.1, -0.05) is 0 Å². The highest BCUT2D eigenvalue weighted by Crippen LogP contribution is 2.30. The molecular weight excluding hydrogens is 230 g/mol. The summed E-state index contributed by atoms with van der Waals surface area (Å²) in [5.74, 6) is 1.67. The predicted octanol–water partition coefficient (Wildman–Crippen LogP) is 4.40. The Morgan fingerprint density at radius 3 is 2.65 bits per heavy atom. The Morgan fingerprint density at radius 1 is 1.00 bits per heavy atom. The maximum Gasteiger partial charge on any atom is 0.130 e. The predicted molar refractivity (Wildman–Crippen MR) is 70.9 cm³/mol. The quantitative estimate of drug-likeness (QED) is 0.663. The number of nitrogens with zero attached hydrogens (tertiary/aromatic N) is 1. The number of hydrogen-bond donors (Lipinski definition) is 0. The number of ether oxygens (including phenoxy) is 1. The molecule has 84 valence electrons. The van der Waals surface area contributed by atoms with Crippen LogP contribution in [0.15, 0.2) is 48.8 Å². The van der Waals surface area contributed by atoms with Gasteiger partial charge in [0, 0.05) is 22.0 Å². The van der Waals surface area contributed by atoms with Crippen molar-refractivity contribution in [2.24, 2.45) is 0 Å². The van der Waals surface area contributed by atoms with E-state index in [1.54, 1.807) is 23.7 Å². The molecule has 0 bridgehead atoms. The van der Waals surface area contributed by atoms with E-state index in [9.17, 15) is 0 Å². The Labute approximate surface area is 104 Å². The fraction of sp³-hybridized carbons (Fsp3) is 0.0714. The number of thiophene rings is 1. The van der Waals surface area contributed by atoms with Gasteiger partial charge in [0.1, 0.15) is 11.5 Å². The van der Waals surface area contributed by atoms with Crippen LogP contribution >= 0.6 is 11.3 Å². The minimum absolute atomic E-state index is 0.811. The number of pyridine rings is 1. The molecule has 0 saturated carbocycles. The minimum Gasteiger partial charge on any atom is -0.457 e. The van der Waals surface area contributed by atoms with Crippen LogP contribution in [0.4, 0.5) is 0 Å². The summed E-state index contributed by atoms with van der Waals surface area (Å²) in [6, 6.07) is 12.0. The number of rotatable bonds is 2. The summed E-state index contributed by atoms with van der Waals surface area (Å²) >= 11 is 1.80. The summed E-state index contributed by atoms with van der Waals surface area (Å²) < 4.78 is 7.06. The lowest BCUT2D eigenvalue weighted by molar-refractivity contribution is 0.483. The molecule has 0 saturated heterocycles. The molecule has 3 heteroatoms. The Hall–Kier alpha value is -1.87. The number of hydrogen-bond acceptors (Lipinski definition) is 3. The molecule has 0 aliphatic carbocycles. The van der Waals surface area contributed by atoms with Crippen LogP contribution in [0, 0.1) is 6.92 Å². The molecule has 0 spiro atoms. The third kappa shape index (κ3) is 2.15. The lowest BCUT2D eigenvalue weighted by Gasteiger charge is -2.04. The monoisotopic (exact) mass is 241 g/mol. The molecule has 0 N–H and O–H groups in total. The second-order valence-corrected chi connectivity index (χ2v) is 5.13. The molecule has 2 nitrogen and oxygen atoms in total. The first-order valence-corrected chi connectivity index (χ1v) is 6.21. The molecule has 2 aromatic heterocycles. The third-order valence-corrected chi connectivity index (χ3v) is 3.53. The van der Waals surface area contributed by atoms with Gasteiger partial charge in [-0.15, -0.1) is 11.3 Å². The Balaban J connectivity index is 1.95. The van der Waals surface area contributed by atoms with Crippen molar-refractivity contribution in [2.45, 2.75) is 6.92 Å². The highest BCUT2D eigenvalue weighted by molar-refractivity contribution is 7.19. The molecular formula is C14H11NOS. The average Bonchev–Trinajstić information content (AvgIpc) is 2.70. The van der Waals surface area contributed by atoms with Gasteiger partial charge >= 0.3 is 0 Å². The molecule has 0 fully saturated rings. The van der Waals surface area contributed by atoms with Crippen LogP contribution < -0.4 is 4.74 Å². The zero-order valence-corrected chi connectivity index (χ0v) is 10.2. The molecule has 1 aromatic carbocycles. The van der Waals surface area contributed by atoms with Gasteiger partial charge in [-0.05, 0) is 48.7 Å². The van der Waals surface area contributed by atoms with E-state index in [2.05, 4.69) is 30.1 Å². The standard InChI is InChI=1S/C14H11NOS/c1-10-8-11-9-13(2-3-14(11)17-10)16-12-4-6-15-7-5-12/h2-9H,1H3. The summed E-state index contributed by atoms with van der Waals surface area (Å²) in [4.78, 5) is 5.28. The van der Waals surface area contributed by atoms with Crippen LogP contribution in [0.5, 0.6) is 11.5 Å². The second kappa shape index (κ2) is 4.18. The highest BCUT2D eigenvalue weighted by Gasteiger charge is 2.01. The summed E-state index contributed by atoms with van der Waals surface area (Å²) in [7, 11) is 0. The number of aryl methyl sites for hydroxylation is 1. The fourth-order valence-corrected chi connectivity index (χ4v) is 2.66. The third-order valence-electron chi connectivity index (χ3n) is 2.50. The number of aromatic nitrogens is 1. The van der Waals surface area contributed by atoms with Gasteiger partial charge < -0.3 is 4.74 Å². The van der Waals surface area contributed by atoms with Crippen molar-refractivity contribution in [3.63, 3.8) is 0 Å². The van der Waals surface area contributed by atoms with E-state index in [-0.39, 0.29) is 0 Å². The van der Waals surface area contributed by atoms with Crippen LogP contribution in [0.2, 0.25) is 0 Å². The van der Waals surface area contributed by atoms with Gasteiger partial charge in [0.15, 0.2) is 0 Å². The van der Waals surface area contributed by atoms with Crippen molar-refractivity contribution in [3.05, 3.63) is 53.7 Å². The second-order valence-electron chi connectivity index (χ2n) is 3.84. The molecule has 0 amide bonds. The normalized spacial score (nSPS) is 10.6. The molecule has 0 aliphatic rings. The van der Waals surface area contributed by atoms with Crippen molar-refractivity contribution in [1.82, 2.24) is 4.98 Å². The smallest absolute Gasteiger partial charge is 0.130 e. The summed E-state index contributed by atoms with van der Waals surface area (Å²) in [6.07, 6.45) is 3.45. The van der Waals surface area contributed by atoms with Gasteiger partial charge in [-0.25, -0.2) is 0 Å². The SMILES string of the molecule is Cc1cc2cc(Oc3ccncc3)ccc2s1. The molecule has 3 aromatic rings. The maximum atomic E-state index is 5.76. The summed E-state index contributed by atoms with van der Waals surface area (Å²) in [5, 5.41) is 1.24. The van der Waals surface area contributed by atoms with Crippen molar-refractivity contribution < 1.29 is 4.74 Å². The lowest BCUT2D eigenvalue weighted by Crippen LogP contribution is -1.83. The van der Waals surface area contributed by atoms with E-state index < -0.39 is 0 Å². The van der Waals surface area contributed by atoms with Crippen molar-refractivity contribution in [2.75, 3.05) is 0 Å². The minimum atomic E-state index is 0.811. The largest absolute Gasteiger partial charge is 0.457 e. The number of fused-ring (bicyclic) bond motifs is 1. The van der Waals surface area contributed by atoms with Crippen LogP contribution in [-0.2, 0) is 0 Å². The average molecular weight is 241 g/mol. The van der Waals surface area contributed by atoms with Crippen LogP contribution in [-0.4, -0.2) is 4.98 Å². The molecule has 3 rings (SSSR count). The first kappa shape index (κ1) is 10.3. The molecule has 0 unspecified atom stereocenters. The Morgan fingerprint density at radius 2 is 1.82 bits per heavy atom. The highest BCUT2D eigenvalue weighted by atomic mass is 32.1. The van der Waals surface area contributed by atoms with E-state index in [4.69, 9.17) is 4.74 Å². The van der Waals surface area contributed by atoms with E-state index in [1.165, 1.54) is 15.0 Å². The lowest BCUT2D eigenvalue weighted by atomic mass is 10.2. The fourth-order valence-electron chi connectivity index (χ4n) is 1.76. The topological polar surface area (TPSA) is 22.1 Å². The van der Waals surface area contributed by atoms with Gasteiger partial charge in [0.2, 0.25) is 0 Å². The molecule has 2 heterocycles. The van der Waals surface area contributed by atoms with E-state index in [1.807, 2.05) is 18.2 Å². The van der Waals surface area contributed by atoms with Crippen molar-refractivity contribution in [1.29, 1.82) is 0 Å². The van der Waals surface area contributed by atoms with Gasteiger partial charge in [-0.3, -0.25) is 4.98 Å². The van der Waals surface area contributed by atoms with Crippen molar-refractivity contribution in [3.8, 4) is 11.5 Å². The number of benzene rings is 1. The first-order valence-electron chi connectivity index (χ1n) is 5.39. The molecule has 0 radical (unpaired) electrons.